The molecule has 0 spiro atoms. The molecule has 2 amide bonds. The van der Waals surface area contributed by atoms with Crippen LogP contribution in [0.25, 0.3) is 12.2 Å². The van der Waals surface area contributed by atoms with Crippen LogP contribution in [0.5, 0.6) is 0 Å². The summed E-state index contributed by atoms with van der Waals surface area (Å²) in [6.45, 7) is 1.52. The van der Waals surface area contributed by atoms with E-state index in [-0.39, 0.29) is 34.9 Å². The number of benzene rings is 2. The number of H-pyrrole nitrogens is 4. The third-order valence-electron chi connectivity index (χ3n) is 9.90. The molecule has 2 aliphatic rings. The van der Waals surface area contributed by atoms with Crippen molar-refractivity contribution in [3.8, 4) is 0 Å². The van der Waals surface area contributed by atoms with Gasteiger partial charge in [-0.05, 0) is 110 Å². The Hall–Kier alpha value is -4.78. The van der Waals surface area contributed by atoms with Crippen LogP contribution in [0.2, 0.25) is 0 Å². The summed E-state index contributed by atoms with van der Waals surface area (Å²) in [5.74, 6) is -2.07. The number of halogens is 4. The predicted octanol–water partition coefficient (Wildman–Crippen LogP) is 3.09. The predicted molar refractivity (Wildman–Crippen MR) is 223 cm³/mol. The Labute approximate surface area is 350 Å². The zero-order valence-electron chi connectivity index (χ0n) is 29.3. The molecule has 2 aromatic carbocycles. The molecule has 0 aliphatic carbocycles. The van der Waals surface area contributed by atoms with Crippen molar-refractivity contribution in [2.45, 2.75) is 26.2 Å². The van der Waals surface area contributed by atoms with Gasteiger partial charge in [0, 0.05) is 24.9 Å². The summed E-state index contributed by atoms with van der Waals surface area (Å²) < 4.78 is 5.75. The maximum atomic E-state index is 14.1. The second-order valence-electron chi connectivity index (χ2n) is 13.4. The first-order chi connectivity index (χ1) is 27.0. The van der Waals surface area contributed by atoms with Crippen LogP contribution in [0.3, 0.4) is 0 Å². The van der Waals surface area contributed by atoms with E-state index in [1.54, 1.807) is 33.4 Å². The topological polar surface area (TPSA) is 190 Å². The number of nitrogens with zero attached hydrogens (tertiary/aromatic N) is 4. The first-order valence-electron chi connectivity index (χ1n) is 17.5. The van der Waals surface area contributed by atoms with Crippen LogP contribution < -0.4 is 43.7 Å². The van der Waals surface area contributed by atoms with Crippen molar-refractivity contribution >= 4 is 87.7 Å². The molecule has 0 saturated carbocycles. The molecular formula is C38H32Br4N10O4. The number of nitrogens with one attached hydrogen (secondary N) is 6. The molecule has 2 aliphatic heterocycles. The summed E-state index contributed by atoms with van der Waals surface area (Å²) in [5, 5.41) is 6.51. The average Bonchev–Trinajstić information content (AvgIpc) is 3.81. The quantitative estimate of drug-likeness (QED) is 0.130. The lowest BCUT2D eigenvalue weighted by atomic mass is 9.90. The Morgan fingerprint density at radius 2 is 1.04 bits per heavy atom. The van der Waals surface area contributed by atoms with Crippen molar-refractivity contribution in [3.05, 3.63) is 155 Å². The van der Waals surface area contributed by atoms with Crippen molar-refractivity contribution in [2.24, 2.45) is 21.8 Å². The molecule has 0 saturated heterocycles. The molecule has 18 heteroatoms. The number of carbonyl (C=O) groups is 2. The van der Waals surface area contributed by atoms with E-state index in [0.717, 1.165) is 22.3 Å². The Bertz CT molecular complexity index is 2670. The van der Waals surface area contributed by atoms with Crippen LogP contribution in [-0.4, -0.2) is 54.0 Å². The van der Waals surface area contributed by atoms with Gasteiger partial charge in [-0.2, -0.15) is 0 Å². The van der Waals surface area contributed by atoms with Gasteiger partial charge < -0.3 is 30.6 Å². The highest BCUT2D eigenvalue weighted by molar-refractivity contribution is 9.13. The van der Waals surface area contributed by atoms with Gasteiger partial charge in [-0.1, -0.05) is 48.5 Å². The van der Waals surface area contributed by atoms with Crippen molar-refractivity contribution < 1.29 is 9.59 Å². The lowest BCUT2D eigenvalue weighted by Crippen LogP contribution is -2.40. The second kappa shape index (κ2) is 16.0. The lowest BCUT2D eigenvalue weighted by molar-refractivity contribution is 0.0927. The standard InChI is InChI=1S/C38H32Br4N10O4/c39-25-11-27(47-31(25)41)33(53)43-15-23(9-29-35(55)51-17-21-7-3-1-5-19(21)13-45-37(51)49-29)24(16-44-34(54)28-12-26(40)32(42)48-28)10-30-36(56)52-18-22-8-4-2-6-20(22)14-46-38(52)50-30/h1-12,23-24,47-48H,13-18H2,(H,43,53)(H,44,54)(H,45,49)(H,46,50)/b29-9+,30-10+. The van der Waals surface area contributed by atoms with Crippen LogP contribution in [0.4, 0.5) is 0 Å². The van der Waals surface area contributed by atoms with Crippen LogP contribution in [0.15, 0.2) is 98.4 Å². The fourth-order valence-electron chi connectivity index (χ4n) is 6.89. The summed E-state index contributed by atoms with van der Waals surface area (Å²) >= 11 is 13.6. The van der Waals surface area contributed by atoms with Crippen LogP contribution >= 0.6 is 63.7 Å². The van der Waals surface area contributed by atoms with Gasteiger partial charge in [-0.15, -0.1) is 0 Å². The van der Waals surface area contributed by atoms with Gasteiger partial charge in [0.2, 0.25) is 11.2 Å². The maximum absolute atomic E-state index is 14.1. The number of imidazole rings is 2. The SMILES string of the molecule is O=C(NCC(/C=c1/[nH]c2n(c1=O)Cc1ccccc1CN=2)C(/C=c1/[nH]c2n(c1=O)Cc1ccccc1CN=2)CNC(=O)c1cc(Br)c(Br)[nH]1)c1cc(Br)c(Br)[nH]1. The van der Waals surface area contributed by atoms with Gasteiger partial charge in [-0.25, -0.2) is 9.98 Å². The van der Waals surface area contributed by atoms with Crippen molar-refractivity contribution in [2.75, 3.05) is 13.1 Å². The number of amides is 2. The zero-order valence-corrected chi connectivity index (χ0v) is 35.6. The summed E-state index contributed by atoms with van der Waals surface area (Å²) in [6.07, 6.45) is 3.49. The number of aromatic nitrogens is 6. The normalized spacial score (nSPS) is 14.9. The largest absolute Gasteiger partial charge is 0.350 e. The minimum atomic E-state index is -0.642. The minimum Gasteiger partial charge on any atom is -0.350 e. The highest BCUT2D eigenvalue weighted by Gasteiger charge is 2.24. The number of carbonyl (C=O) groups excluding carboxylic acids is 2. The molecule has 6 heterocycles. The molecule has 6 N–H and O–H groups in total. The summed E-state index contributed by atoms with van der Waals surface area (Å²) in [6, 6.07) is 19.0. The van der Waals surface area contributed by atoms with Crippen molar-refractivity contribution in [1.82, 2.24) is 39.7 Å². The summed E-state index contributed by atoms with van der Waals surface area (Å²) in [5.41, 5.74) is 4.93. The molecule has 6 aromatic rings. The molecular weight excluding hydrogens is 980 g/mol. The summed E-state index contributed by atoms with van der Waals surface area (Å²) in [4.78, 5) is 76.9. The number of hydrogen-bond donors (Lipinski definition) is 6. The molecule has 286 valence electrons. The number of rotatable bonds is 9. The first kappa shape index (κ1) is 38.1. The fourth-order valence-corrected chi connectivity index (χ4v) is 8.20. The molecule has 14 nitrogen and oxygen atoms in total. The lowest BCUT2D eigenvalue weighted by Gasteiger charge is -2.22. The van der Waals surface area contributed by atoms with Crippen LogP contribution in [0, 0.1) is 11.8 Å². The molecule has 0 bridgehead atoms. The third kappa shape index (κ3) is 7.79. The van der Waals surface area contributed by atoms with Gasteiger partial charge in [0.1, 0.15) is 22.1 Å². The molecule has 2 unspecified atom stereocenters. The highest BCUT2D eigenvalue weighted by Crippen LogP contribution is 2.25. The van der Waals surface area contributed by atoms with Gasteiger partial charge in [0.05, 0.1) is 44.3 Å². The first-order valence-corrected chi connectivity index (χ1v) is 20.7. The van der Waals surface area contributed by atoms with Crippen molar-refractivity contribution in [3.63, 3.8) is 0 Å². The second-order valence-corrected chi connectivity index (χ2v) is 16.7. The van der Waals surface area contributed by atoms with E-state index < -0.39 is 23.7 Å². The smallest absolute Gasteiger partial charge is 0.277 e. The molecule has 4 aromatic heterocycles. The zero-order chi connectivity index (χ0) is 39.1. The Morgan fingerprint density at radius 1 is 0.643 bits per heavy atom. The Balaban J connectivity index is 1.23. The number of aromatic amines is 4. The maximum Gasteiger partial charge on any atom is 0.277 e. The van der Waals surface area contributed by atoms with E-state index in [0.29, 0.717) is 67.0 Å². The molecule has 8 rings (SSSR count). The third-order valence-corrected chi connectivity index (χ3v) is 13.5. The fraction of sp³-hybridized carbons (Fsp3) is 0.211. The van der Waals surface area contributed by atoms with Crippen LogP contribution in [-0.2, 0) is 26.2 Å². The van der Waals surface area contributed by atoms with Gasteiger partial charge >= 0.3 is 0 Å². The summed E-state index contributed by atoms with van der Waals surface area (Å²) in [7, 11) is 0. The molecule has 56 heavy (non-hydrogen) atoms. The van der Waals surface area contributed by atoms with E-state index in [1.807, 2.05) is 48.5 Å². The van der Waals surface area contributed by atoms with E-state index in [1.165, 1.54) is 0 Å². The van der Waals surface area contributed by atoms with E-state index in [4.69, 9.17) is 9.98 Å². The van der Waals surface area contributed by atoms with Crippen LogP contribution in [0.1, 0.15) is 43.2 Å². The van der Waals surface area contributed by atoms with Gasteiger partial charge in [0.15, 0.2) is 0 Å². The van der Waals surface area contributed by atoms with Gasteiger partial charge in [0.25, 0.3) is 22.9 Å². The highest BCUT2D eigenvalue weighted by atomic mass is 79.9. The molecule has 0 radical (unpaired) electrons. The average molecular weight is 1010 g/mol. The van der Waals surface area contributed by atoms with Gasteiger partial charge in [-0.3, -0.25) is 28.3 Å². The van der Waals surface area contributed by atoms with E-state index in [9.17, 15) is 19.2 Å². The van der Waals surface area contributed by atoms with E-state index in [2.05, 4.69) is 94.3 Å². The monoisotopic (exact) mass is 1010 g/mol. The minimum absolute atomic E-state index is 0.0248. The number of hydrogen-bond acceptors (Lipinski definition) is 6. The number of fused-ring (bicyclic) bond motifs is 4. The molecule has 0 fully saturated rings. The Morgan fingerprint density at radius 3 is 1.41 bits per heavy atom. The van der Waals surface area contributed by atoms with E-state index >= 15 is 0 Å². The molecule has 2 atom stereocenters. The Kier molecular flexibility index (Phi) is 10.9. The van der Waals surface area contributed by atoms with Crippen molar-refractivity contribution in [1.29, 1.82) is 0 Å².